The summed E-state index contributed by atoms with van der Waals surface area (Å²) in [5.74, 6) is -0.0167. The van der Waals surface area contributed by atoms with Gasteiger partial charge in [0.25, 0.3) is 0 Å². The Morgan fingerprint density at radius 1 is 1.05 bits per heavy atom. The Morgan fingerprint density at radius 2 is 1.80 bits per heavy atom. The van der Waals surface area contributed by atoms with Crippen molar-refractivity contribution in [1.82, 2.24) is 16.0 Å². The molecule has 0 aromatic heterocycles. The Hall–Kier alpha value is -1.14. The van der Waals surface area contributed by atoms with Gasteiger partial charge in [0, 0.05) is 25.4 Å². The van der Waals surface area contributed by atoms with Gasteiger partial charge < -0.3 is 20.7 Å². The largest absolute Gasteiger partial charge is 0.378 e. The van der Waals surface area contributed by atoms with Crippen molar-refractivity contribution >= 4 is 11.8 Å². The van der Waals surface area contributed by atoms with Gasteiger partial charge in [-0.05, 0) is 38.8 Å². The van der Waals surface area contributed by atoms with E-state index < -0.39 is 0 Å². The molecule has 0 unspecified atom stereocenters. The monoisotopic (exact) mass is 283 g/mol. The number of hydrogen-bond donors (Lipinski definition) is 3. The molecule has 3 N–H and O–H groups in total. The molecule has 0 aromatic rings. The molecule has 2 aliphatic rings. The average molecular weight is 283 g/mol. The lowest BCUT2D eigenvalue weighted by molar-refractivity contribution is -0.123. The van der Waals surface area contributed by atoms with E-state index in [1.54, 1.807) is 0 Å². The van der Waals surface area contributed by atoms with Crippen molar-refractivity contribution in [2.24, 2.45) is 0 Å². The van der Waals surface area contributed by atoms with Crippen LogP contribution in [0.3, 0.4) is 0 Å². The van der Waals surface area contributed by atoms with Crippen LogP contribution in [0.5, 0.6) is 0 Å². The Labute approximate surface area is 120 Å². The number of carbonyl (C=O) groups excluding carboxylic acids is 2. The average Bonchev–Trinajstić information content (AvgIpc) is 3.24. The number of ether oxygens (including phenoxy) is 1. The van der Waals surface area contributed by atoms with Gasteiger partial charge in [-0.15, -0.1) is 0 Å². The predicted octanol–water partition coefficient (Wildman–Crippen LogP) is -0.0700. The summed E-state index contributed by atoms with van der Waals surface area (Å²) < 4.78 is 5.66. The van der Waals surface area contributed by atoms with Gasteiger partial charge in [0.1, 0.15) is 0 Å². The van der Waals surface area contributed by atoms with Crippen molar-refractivity contribution in [1.29, 1.82) is 0 Å². The second kappa shape index (κ2) is 8.21. The van der Waals surface area contributed by atoms with E-state index in [0.29, 0.717) is 32.0 Å². The van der Waals surface area contributed by atoms with Crippen LogP contribution in [0.25, 0.3) is 0 Å². The Bertz CT molecular complexity index is 326. The van der Waals surface area contributed by atoms with Gasteiger partial charge >= 0.3 is 0 Å². The molecule has 1 saturated heterocycles. The van der Waals surface area contributed by atoms with E-state index in [9.17, 15) is 9.59 Å². The fraction of sp³-hybridized carbons (Fsp3) is 0.857. The number of amides is 2. The van der Waals surface area contributed by atoms with Gasteiger partial charge in [0.15, 0.2) is 0 Å². The van der Waals surface area contributed by atoms with E-state index in [-0.39, 0.29) is 17.9 Å². The number of nitrogens with one attached hydrogen (secondary N) is 3. The van der Waals surface area contributed by atoms with Crippen molar-refractivity contribution in [2.75, 3.05) is 26.2 Å². The van der Waals surface area contributed by atoms with Crippen molar-refractivity contribution in [3.63, 3.8) is 0 Å². The van der Waals surface area contributed by atoms with Gasteiger partial charge in [-0.3, -0.25) is 9.59 Å². The molecule has 1 aliphatic carbocycles. The molecule has 6 heteroatoms. The third kappa shape index (κ3) is 6.34. The van der Waals surface area contributed by atoms with Gasteiger partial charge in [0.2, 0.25) is 11.8 Å². The number of hydrogen-bond acceptors (Lipinski definition) is 4. The zero-order valence-electron chi connectivity index (χ0n) is 12.0. The van der Waals surface area contributed by atoms with Crippen LogP contribution >= 0.6 is 0 Å². The van der Waals surface area contributed by atoms with Gasteiger partial charge in [-0.2, -0.15) is 0 Å². The molecule has 0 aromatic carbocycles. The van der Waals surface area contributed by atoms with E-state index in [2.05, 4.69) is 16.0 Å². The molecule has 6 nitrogen and oxygen atoms in total. The third-order valence-electron chi connectivity index (χ3n) is 3.59. The molecule has 2 amide bonds. The molecule has 0 bridgehead atoms. The van der Waals surface area contributed by atoms with Crippen molar-refractivity contribution in [2.45, 2.75) is 50.7 Å². The summed E-state index contributed by atoms with van der Waals surface area (Å²) >= 11 is 0. The topological polar surface area (TPSA) is 79.5 Å². The van der Waals surface area contributed by atoms with Crippen LogP contribution < -0.4 is 16.0 Å². The summed E-state index contributed by atoms with van der Waals surface area (Å²) in [5, 5.41) is 8.92. The van der Waals surface area contributed by atoms with Crippen molar-refractivity contribution in [3.8, 4) is 0 Å². The highest BCUT2D eigenvalue weighted by Gasteiger charge is 2.22. The minimum atomic E-state index is -0.0434. The zero-order valence-corrected chi connectivity index (χ0v) is 12.0. The van der Waals surface area contributed by atoms with E-state index in [1.807, 2.05) is 0 Å². The quantitative estimate of drug-likeness (QED) is 0.582. The first kappa shape index (κ1) is 15.3. The maximum absolute atomic E-state index is 11.6. The van der Waals surface area contributed by atoms with Crippen molar-refractivity contribution in [3.05, 3.63) is 0 Å². The first-order valence-corrected chi connectivity index (χ1v) is 7.62. The lowest BCUT2D eigenvalue weighted by Crippen LogP contribution is -2.34. The first-order valence-electron chi connectivity index (χ1n) is 7.62. The van der Waals surface area contributed by atoms with Crippen LogP contribution in [0.2, 0.25) is 0 Å². The lowest BCUT2D eigenvalue weighted by atomic mass is 10.1. The number of piperidine rings is 1. The Kier molecular flexibility index (Phi) is 6.26. The molecule has 1 aliphatic heterocycles. The van der Waals surface area contributed by atoms with Crippen LogP contribution in [-0.2, 0) is 14.3 Å². The minimum absolute atomic E-state index is 0.0266. The van der Waals surface area contributed by atoms with Gasteiger partial charge in [0.05, 0.1) is 12.7 Å². The molecule has 0 atom stereocenters. The second-order valence-corrected chi connectivity index (χ2v) is 5.51. The molecule has 0 spiro atoms. The molecule has 20 heavy (non-hydrogen) atoms. The van der Waals surface area contributed by atoms with E-state index in [4.69, 9.17) is 4.74 Å². The molecule has 2 fully saturated rings. The predicted molar refractivity (Wildman–Crippen MR) is 75.3 cm³/mol. The normalized spacial score (nSPS) is 19.6. The highest BCUT2D eigenvalue weighted by atomic mass is 16.5. The van der Waals surface area contributed by atoms with Gasteiger partial charge in [-0.25, -0.2) is 0 Å². The summed E-state index contributed by atoms with van der Waals surface area (Å²) in [7, 11) is 0. The smallest absolute Gasteiger partial charge is 0.222 e. The third-order valence-corrected chi connectivity index (χ3v) is 3.59. The number of carbonyl (C=O) groups is 2. The maximum Gasteiger partial charge on any atom is 0.222 e. The van der Waals surface area contributed by atoms with E-state index >= 15 is 0 Å². The minimum Gasteiger partial charge on any atom is -0.378 e. The second-order valence-electron chi connectivity index (χ2n) is 5.51. The zero-order chi connectivity index (χ0) is 14.2. The summed E-state index contributed by atoms with van der Waals surface area (Å²) in [6.07, 6.45) is 5.23. The highest BCUT2D eigenvalue weighted by molar-refractivity contribution is 5.79. The molecule has 1 saturated carbocycles. The number of rotatable bonds is 8. The summed E-state index contributed by atoms with van der Waals surface area (Å²) in [4.78, 5) is 23.0. The SMILES string of the molecule is O=C(CCOC1CCNCC1)NCCC(=O)NC1CC1. The molecule has 2 rings (SSSR count). The van der Waals surface area contributed by atoms with Crippen molar-refractivity contribution < 1.29 is 14.3 Å². The van der Waals surface area contributed by atoms with Crippen LogP contribution in [-0.4, -0.2) is 50.2 Å². The summed E-state index contributed by atoms with van der Waals surface area (Å²) in [6, 6.07) is 0.386. The molecular formula is C14H25N3O3. The van der Waals surface area contributed by atoms with Crippen LogP contribution in [0, 0.1) is 0 Å². The van der Waals surface area contributed by atoms with Crippen LogP contribution in [0.1, 0.15) is 38.5 Å². The molecule has 0 radical (unpaired) electrons. The summed E-state index contributed by atoms with van der Waals surface area (Å²) in [6.45, 7) is 2.86. The van der Waals surface area contributed by atoms with E-state index in [0.717, 1.165) is 38.8 Å². The Balaban J connectivity index is 1.44. The fourth-order valence-electron chi connectivity index (χ4n) is 2.21. The molecule has 1 heterocycles. The van der Waals surface area contributed by atoms with E-state index in [1.165, 1.54) is 0 Å². The van der Waals surface area contributed by atoms with Crippen LogP contribution in [0.4, 0.5) is 0 Å². The first-order chi connectivity index (χ1) is 9.74. The fourth-order valence-corrected chi connectivity index (χ4v) is 2.21. The molecular weight excluding hydrogens is 258 g/mol. The standard InChI is InChI=1S/C14H25N3O3/c18-13(6-10-20-12-3-7-15-8-4-12)16-9-5-14(19)17-11-1-2-11/h11-12,15H,1-10H2,(H,16,18)(H,17,19). The highest BCUT2D eigenvalue weighted by Crippen LogP contribution is 2.18. The Morgan fingerprint density at radius 3 is 2.50 bits per heavy atom. The van der Waals surface area contributed by atoms with Gasteiger partial charge in [-0.1, -0.05) is 0 Å². The maximum atomic E-state index is 11.6. The lowest BCUT2D eigenvalue weighted by Gasteiger charge is -2.22. The molecule has 114 valence electrons. The summed E-state index contributed by atoms with van der Waals surface area (Å²) in [5.41, 5.74) is 0. The van der Waals surface area contributed by atoms with Crippen LogP contribution in [0.15, 0.2) is 0 Å².